The third-order valence-corrected chi connectivity index (χ3v) is 8.19. The van der Waals surface area contributed by atoms with Crippen molar-refractivity contribution in [3.63, 3.8) is 0 Å². The average molecular weight is 645 g/mol. The number of carbonyl (C=O) groups excluding carboxylic acids is 4. The van der Waals surface area contributed by atoms with Gasteiger partial charge in [0.05, 0.1) is 30.2 Å². The summed E-state index contributed by atoms with van der Waals surface area (Å²) in [6.45, 7) is 14.7. The second-order valence-electron chi connectivity index (χ2n) is 14.2. The Balaban J connectivity index is 1.60. The molecule has 0 unspecified atom stereocenters. The molecule has 4 amide bonds. The fraction of sp³-hybridized carbons (Fsp3) is 0.706. The summed E-state index contributed by atoms with van der Waals surface area (Å²) in [5, 5.41) is 2.91. The number of hydrogen-bond acceptors (Lipinski definition) is 8. The highest BCUT2D eigenvalue weighted by Gasteiger charge is 2.45. The average Bonchev–Trinajstić information content (AvgIpc) is 3.81. The molecule has 0 radical (unpaired) electrons. The number of carbonyl (C=O) groups is 4. The largest absolute Gasteiger partial charge is 0.476 e. The van der Waals surface area contributed by atoms with Crippen molar-refractivity contribution in [3.05, 3.63) is 18.2 Å². The van der Waals surface area contributed by atoms with Gasteiger partial charge in [0.25, 0.3) is 5.91 Å². The van der Waals surface area contributed by atoms with Gasteiger partial charge in [0, 0.05) is 51.6 Å². The summed E-state index contributed by atoms with van der Waals surface area (Å²) in [7, 11) is 1.63. The van der Waals surface area contributed by atoms with Crippen LogP contribution in [0.4, 0.5) is 16.2 Å². The Labute approximate surface area is 273 Å². The number of likely N-dealkylation sites (tertiary alicyclic amines) is 1. The van der Waals surface area contributed by atoms with Crippen LogP contribution in [0.15, 0.2) is 18.2 Å². The van der Waals surface area contributed by atoms with Gasteiger partial charge in [-0.05, 0) is 92.3 Å². The number of methoxy groups -OCH3 is 1. The van der Waals surface area contributed by atoms with Crippen molar-refractivity contribution in [3.8, 4) is 5.75 Å². The molecule has 12 heteroatoms. The molecule has 4 rings (SSSR count). The third kappa shape index (κ3) is 8.90. The monoisotopic (exact) mass is 644 g/mol. The summed E-state index contributed by atoms with van der Waals surface area (Å²) in [5.41, 5.74) is -0.500. The van der Waals surface area contributed by atoms with Gasteiger partial charge in [-0.25, -0.2) is 4.79 Å². The van der Waals surface area contributed by atoms with E-state index in [1.807, 2.05) is 32.0 Å². The second-order valence-corrected chi connectivity index (χ2v) is 14.2. The van der Waals surface area contributed by atoms with E-state index in [4.69, 9.17) is 18.9 Å². The van der Waals surface area contributed by atoms with E-state index >= 15 is 0 Å². The van der Waals surface area contributed by atoms with Gasteiger partial charge in [0.15, 0.2) is 5.60 Å². The number of ether oxygens (including phenoxy) is 4. The lowest BCUT2D eigenvalue weighted by molar-refractivity contribution is -0.133. The first kappa shape index (κ1) is 35.5. The van der Waals surface area contributed by atoms with E-state index in [9.17, 15) is 19.2 Å². The predicted octanol–water partition coefficient (Wildman–Crippen LogP) is 4.14. The lowest BCUT2D eigenvalue weighted by Crippen LogP contribution is -2.54. The van der Waals surface area contributed by atoms with Gasteiger partial charge in [-0.2, -0.15) is 0 Å². The standard InChI is InChI=1S/C34H52N4O8/c1-22(2)44-17-14-35-29(39)23-18-24(21-36(20-23)32(42)46-33(3,4)5)30(40)38(25-10-11-25)26-12-13-28-27(19-26)37(15-9-16-43-8)31(41)34(6,7)45-28/h12-13,19,22-25H,9-11,14-18,20-21H2,1-8H3,(H,35,39)/t23-,24+/m0/s1. The minimum absolute atomic E-state index is 0.0125. The molecule has 0 aromatic heterocycles. The summed E-state index contributed by atoms with van der Waals surface area (Å²) in [6.07, 6.45) is 2.10. The Bertz CT molecular complexity index is 1270. The minimum Gasteiger partial charge on any atom is -0.476 e. The number of fused-ring (bicyclic) bond motifs is 1. The molecule has 0 spiro atoms. The zero-order valence-corrected chi connectivity index (χ0v) is 28.7. The van der Waals surface area contributed by atoms with Gasteiger partial charge in [0.2, 0.25) is 11.8 Å². The van der Waals surface area contributed by atoms with Crippen molar-refractivity contribution in [2.45, 2.75) is 97.5 Å². The van der Waals surface area contributed by atoms with Gasteiger partial charge >= 0.3 is 6.09 Å². The van der Waals surface area contributed by atoms with Gasteiger partial charge in [-0.3, -0.25) is 14.4 Å². The van der Waals surface area contributed by atoms with Crippen molar-refractivity contribution in [1.82, 2.24) is 10.2 Å². The molecule has 2 atom stereocenters. The van der Waals surface area contributed by atoms with E-state index in [2.05, 4.69) is 5.32 Å². The molecule has 1 saturated heterocycles. The van der Waals surface area contributed by atoms with Crippen LogP contribution >= 0.6 is 0 Å². The number of hydrogen-bond donors (Lipinski definition) is 1. The summed E-state index contributed by atoms with van der Waals surface area (Å²) >= 11 is 0. The first-order chi connectivity index (χ1) is 21.6. The van der Waals surface area contributed by atoms with Gasteiger partial charge in [-0.1, -0.05) is 0 Å². The van der Waals surface area contributed by atoms with Crippen LogP contribution in [-0.2, 0) is 28.6 Å². The molecular formula is C34H52N4O8. The molecule has 256 valence electrons. The molecule has 2 fully saturated rings. The number of piperidine rings is 1. The van der Waals surface area contributed by atoms with Crippen LogP contribution in [0.25, 0.3) is 0 Å². The Morgan fingerprint density at radius 2 is 1.80 bits per heavy atom. The smallest absolute Gasteiger partial charge is 0.410 e. The third-order valence-electron chi connectivity index (χ3n) is 8.19. The van der Waals surface area contributed by atoms with E-state index in [0.717, 1.165) is 12.8 Å². The van der Waals surface area contributed by atoms with Crippen LogP contribution in [0.2, 0.25) is 0 Å². The summed E-state index contributed by atoms with van der Waals surface area (Å²) in [4.78, 5) is 59.4. The fourth-order valence-electron chi connectivity index (χ4n) is 5.90. The first-order valence-electron chi connectivity index (χ1n) is 16.5. The van der Waals surface area contributed by atoms with Crippen LogP contribution in [-0.4, -0.2) is 98.6 Å². The van der Waals surface area contributed by atoms with E-state index in [1.54, 1.807) is 51.5 Å². The minimum atomic E-state index is -1.03. The van der Waals surface area contributed by atoms with E-state index in [1.165, 1.54) is 4.90 Å². The first-order valence-corrected chi connectivity index (χ1v) is 16.5. The molecule has 1 aliphatic carbocycles. The molecule has 2 aliphatic heterocycles. The lowest BCUT2D eigenvalue weighted by atomic mass is 9.87. The fourth-order valence-corrected chi connectivity index (χ4v) is 5.90. The van der Waals surface area contributed by atoms with Crippen molar-refractivity contribution in [2.75, 3.05) is 56.3 Å². The van der Waals surface area contributed by atoms with Gasteiger partial charge in [0.1, 0.15) is 11.4 Å². The van der Waals surface area contributed by atoms with E-state index in [0.29, 0.717) is 56.3 Å². The molecular weight excluding hydrogens is 592 g/mol. The normalized spacial score (nSPS) is 21.0. The number of anilines is 2. The maximum atomic E-state index is 14.4. The lowest BCUT2D eigenvalue weighted by Gasteiger charge is -2.40. The van der Waals surface area contributed by atoms with Crippen LogP contribution in [0.3, 0.4) is 0 Å². The molecule has 12 nitrogen and oxygen atoms in total. The van der Waals surface area contributed by atoms with Crippen molar-refractivity contribution < 1.29 is 38.1 Å². The van der Waals surface area contributed by atoms with E-state index < -0.39 is 29.1 Å². The summed E-state index contributed by atoms with van der Waals surface area (Å²) < 4.78 is 22.5. The number of benzene rings is 1. The zero-order valence-electron chi connectivity index (χ0n) is 28.7. The highest BCUT2D eigenvalue weighted by atomic mass is 16.6. The van der Waals surface area contributed by atoms with Crippen molar-refractivity contribution in [2.24, 2.45) is 11.8 Å². The van der Waals surface area contributed by atoms with Crippen molar-refractivity contribution in [1.29, 1.82) is 0 Å². The van der Waals surface area contributed by atoms with Crippen LogP contribution < -0.4 is 19.9 Å². The second kappa shape index (κ2) is 14.6. The maximum absolute atomic E-state index is 14.4. The molecule has 46 heavy (non-hydrogen) atoms. The summed E-state index contributed by atoms with van der Waals surface area (Å²) in [5.74, 6) is -1.20. The molecule has 1 aromatic rings. The van der Waals surface area contributed by atoms with E-state index in [-0.39, 0.29) is 43.0 Å². The SMILES string of the molecule is COCCCN1C(=O)C(C)(C)Oc2ccc(N(C(=O)[C@@H]3C[C@H](C(=O)NCCOC(C)C)CN(C(=O)OC(C)(C)C)C3)C3CC3)cc21. The Kier molecular flexibility index (Phi) is 11.2. The molecule has 1 saturated carbocycles. The highest BCUT2D eigenvalue weighted by molar-refractivity contribution is 6.04. The van der Waals surface area contributed by atoms with Crippen LogP contribution in [0.1, 0.15) is 74.1 Å². The Hall–Kier alpha value is -3.38. The molecule has 3 aliphatic rings. The topological polar surface area (TPSA) is 127 Å². The molecule has 0 bridgehead atoms. The van der Waals surface area contributed by atoms with Crippen molar-refractivity contribution >= 4 is 35.2 Å². The number of rotatable bonds is 12. The zero-order chi connectivity index (χ0) is 33.8. The highest BCUT2D eigenvalue weighted by Crippen LogP contribution is 2.43. The Morgan fingerprint density at radius 1 is 1.11 bits per heavy atom. The van der Waals surface area contributed by atoms with Crippen LogP contribution in [0.5, 0.6) is 5.75 Å². The predicted molar refractivity (Wildman–Crippen MR) is 174 cm³/mol. The Morgan fingerprint density at radius 3 is 2.43 bits per heavy atom. The quantitative estimate of drug-likeness (QED) is 0.337. The number of nitrogens with zero attached hydrogens (tertiary/aromatic N) is 3. The maximum Gasteiger partial charge on any atom is 0.410 e. The molecule has 1 aromatic carbocycles. The van der Waals surface area contributed by atoms with Crippen LogP contribution in [0, 0.1) is 11.8 Å². The number of amides is 4. The van der Waals surface area contributed by atoms with Gasteiger partial charge in [-0.15, -0.1) is 0 Å². The van der Waals surface area contributed by atoms with Gasteiger partial charge < -0.3 is 39.0 Å². The molecule has 2 heterocycles. The summed E-state index contributed by atoms with van der Waals surface area (Å²) in [6, 6.07) is 5.50. The molecule has 1 N–H and O–H groups in total. The number of nitrogens with one attached hydrogen (secondary N) is 1.